The maximum atomic E-state index is 8.98. The van der Waals surface area contributed by atoms with Gasteiger partial charge in [0.1, 0.15) is 11.5 Å². The summed E-state index contributed by atoms with van der Waals surface area (Å²) in [7, 11) is 0. The number of rotatable bonds is 10. The Morgan fingerprint density at radius 1 is 0.655 bits per heavy atom. The van der Waals surface area contributed by atoms with Crippen LogP contribution in [0.3, 0.4) is 0 Å². The van der Waals surface area contributed by atoms with Gasteiger partial charge >= 0.3 is 0 Å². The number of aliphatic hydroxyl groups is 2. The van der Waals surface area contributed by atoms with Crippen LogP contribution in [0.2, 0.25) is 0 Å². The van der Waals surface area contributed by atoms with Gasteiger partial charge in [0.15, 0.2) is 0 Å². The van der Waals surface area contributed by atoms with Gasteiger partial charge in [-0.05, 0) is 61.1 Å². The molecule has 2 aromatic rings. The van der Waals surface area contributed by atoms with Crippen LogP contribution in [0.1, 0.15) is 60.1 Å². The van der Waals surface area contributed by atoms with Crippen LogP contribution in [-0.2, 0) is 5.41 Å². The third-order valence-electron chi connectivity index (χ3n) is 5.46. The molecule has 0 radical (unpaired) electrons. The van der Waals surface area contributed by atoms with E-state index < -0.39 is 0 Å². The second kappa shape index (κ2) is 10.1. The Hall–Kier alpha value is -2.04. The smallest absolute Gasteiger partial charge is 0.125 e. The van der Waals surface area contributed by atoms with E-state index in [1.165, 1.54) is 11.1 Å². The van der Waals surface area contributed by atoms with Gasteiger partial charge in [-0.3, -0.25) is 0 Å². The van der Waals surface area contributed by atoms with Crippen molar-refractivity contribution >= 4 is 0 Å². The van der Waals surface area contributed by atoms with Gasteiger partial charge in [-0.1, -0.05) is 38.1 Å². The highest BCUT2D eigenvalue weighted by Gasteiger charge is 2.26. The summed E-state index contributed by atoms with van der Waals surface area (Å²) in [6.07, 6.45) is 1.27. The van der Waals surface area contributed by atoms with Crippen molar-refractivity contribution in [3.05, 3.63) is 57.6 Å². The fourth-order valence-electron chi connectivity index (χ4n) is 3.72. The first kappa shape index (κ1) is 23.2. The third kappa shape index (κ3) is 5.52. The summed E-state index contributed by atoms with van der Waals surface area (Å²) in [6.45, 7) is 14.1. The van der Waals surface area contributed by atoms with E-state index in [0.29, 0.717) is 26.1 Å². The predicted molar refractivity (Wildman–Crippen MR) is 118 cm³/mol. The van der Waals surface area contributed by atoms with E-state index in [0.717, 1.165) is 33.8 Å². The second-order valence-electron chi connectivity index (χ2n) is 8.35. The fraction of sp³-hybridized carbons (Fsp3) is 0.520. The van der Waals surface area contributed by atoms with Gasteiger partial charge in [0, 0.05) is 31.5 Å². The average molecular weight is 401 g/mol. The number of aliphatic hydroxyl groups excluding tert-OH is 2. The van der Waals surface area contributed by atoms with Crippen LogP contribution in [0, 0.1) is 27.7 Å². The molecular formula is C25H36O4. The topological polar surface area (TPSA) is 58.9 Å². The molecule has 0 aliphatic heterocycles. The maximum Gasteiger partial charge on any atom is 0.125 e. The summed E-state index contributed by atoms with van der Waals surface area (Å²) >= 11 is 0. The van der Waals surface area contributed by atoms with E-state index in [-0.39, 0.29) is 18.6 Å². The molecule has 0 spiro atoms. The zero-order valence-electron chi connectivity index (χ0n) is 18.8. The van der Waals surface area contributed by atoms with Gasteiger partial charge in [-0.2, -0.15) is 0 Å². The van der Waals surface area contributed by atoms with Crippen molar-refractivity contribution in [2.24, 2.45) is 0 Å². The Kier molecular flexibility index (Phi) is 8.12. The highest BCUT2D eigenvalue weighted by Crippen LogP contribution is 2.38. The predicted octanol–water partition coefficient (Wildman–Crippen LogP) is 4.77. The lowest BCUT2D eigenvalue weighted by Gasteiger charge is -2.29. The minimum Gasteiger partial charge on any atom is -0.493 e. The van der Waals surface area contributed by atoms with Crippen molar-refractivity contribution in [2.45, 2.75) is 59.8 Å². The van der Waals surface area contributed by atoms with Gasteiger partial charge in [0.05, 0.1) is 13.2 Å². The van der Waals surface area contributed by atoms with Crippen LogP contribution < -0.4 is 9.47 Å². The van der Waals surface area contributed by atoms with E-state index in [1.807, 2.05) is 0 Å². The quantitative estimate of drug-likeness (QED) is 0.564. The monoisotopic (exact) mass is 400 g/mol. The molecule has 0 amide bonds. The molecule has 0 unspecified atom stereocenters. The number of hydrogen-bond acceptors (Lipinski definition) is 4. The van der Waals surface area contributed by atoms with E-state index in [2.05, 4.69) is 65.8 Å². The molecule has 0 fully saturated rings. The Labute approximate surface area is 175 Å². The number of aryl methyl sites for hydroxylation is 4. The van der Waals surface area contributed by atoms with Crippen LogP contribution >= 0.6 is 0 Å². The molecule has 160 valence electrons. The lowest BCUT2D eigenvalue weighted by atomic mass is 9.76. The molecule has 0 saturated heterocycles. The minimum absolute atomic E-state index is 0.140. The van der Waals surface area contributed by atoms with Crippen LogP contribution in [0.15, 0.2) is 24.3 Å². The summed E-state index contributed by atoms with van der Waals surface area (Å²) in [4.78, 5) is 0. The highest BCUT2D eigenvalue weighted by atomic mass is 16.5. The van der Waals surface area contributed by atoms with Gasteiger partial charge in [-0.25, -0.2) is 0 Å². The molecule has 0 aliphatic rings. The van der Waals surface area contributed by atoms with Crippen molar-refractivity contribution in [3.63, 3.8) is 0 Å². The molecule has 29 heavy (non-hydrogen) atoms. The molecule has 2 aromatic carbocycles. The van der Waals surface area contributed by atoms with Gasteiger partial charge < -0.3 is 19.7 Å². The number of ether oxygens (including phenoxy) is 2. The Bertz CT molecular complexity index is 710. The Morgan fingerprint density at radius 3 is 1.24 bits per heavy atom. The molecule has 0 heterocycles. The summed E-state index contributed by atoms with van der Waals surface area (Å²) in [5.74, 6) is 1.83. The van der Waals surface area contributed by atoms with E-state index >= 15 is 0 Å². The van der Waals surface area contributed by atoms with Crippen LogP contribution in [0.25, 0.3) is 0 Å². The zero-order chi connectivity index (χ0) is 21.6. The summed E-state index contributed by atoms with van der Waals surface area (Å²) in [5, 5.41) is 18.0. The summed E-state index contributed by atoms with van der Waals surface area (Å²) in [6, 6.07) is 8.82. The number of hydrogen-bond donors (Lipinski definition) is 2. The lowest BCUT2D eigenvalue weighted by Crippen LogP contribution is -2.20. The van der Waals surface area contributed by atoms with E-state index in [9.17, 15) is 0 Å². The van der Waals surface area contributed by atoms with Crippen LogP contribution in [0.5, 0.6) is 11.5 Å². The first-order valence-electron chi connectivity index (χ1n) is 10.4. The molecular weight excluding hydrogens is 364 g/mol. The minimum atomic E-state index is -0.168. The Balaban J connectivity index is 2.34. The summed E-state index contributed by atoms with van der Waals surface area (Å²) < 4.78 is 11.8. The first-order valence-corrected chi connectivity index (χ1v) is 10.4. The second-order valence-corrected chi connectivity index (χ2v) is 8.35. The SMILES string of the molecule is Cc1cc(C(C)(C)c2cc(C)c(OCCCO)c(C)c2)cc(C)c1OCCCO. The van der Waals surface area contributed by atoms with Gasteiger partial charge in [-0.15, -0.1) is 0 Å². The van der Waals surface area contributed by atoms with Crippen LogP contribution in [0.4, 0.5) is 0 Å². The van der Waals surface area contributed by atoms with E-state index in [4.69, 9.17) is 19.7 Å². The fourth-order valence-corrected chi connectivity index (χ4v) is 3.72. The molecule has 2 N–H and O–H groups in total. The van der Waals surface area contributed by atoms with Crippen molar-refractivity contribution in [3.8, 4) is 11.5 Å². The molecule has 4 heteroatoms. The lowest BCUT2D eigenvalue weighted by molar-refractivity contribution is 0.232. The third-order valence-corrected chi connectivity index (χ3v) is 5.46. The molecule has 0 bridgehead atoms. The van der Waals surface area contributed by atoms with Gasteiger partial charge in [0.2, 0.25) is 0 Å². The largest absolute Gasteiger partial charge is 0.493 e. The van der Waals surface area contributed by atoms with Crippen molar-refractivity contribution in [1.82, 2.24) is 0 Å². The molecule has 4 nitrogen and oxygen atoms in total. The standard InChI is InChI=1S/C25H36O4/c1-17-13-21(14-18(2)23(17)28-11-7-9-26)25(5,6)22-15-19(3)24(20(4)16-22)29-12-8-10-27/h13-16,26-27H,7-12H2,1-6H3. The van der Waals surface area contributed by atoms with Crippen LogP contribution in [-0.4, -0.2) is 36.6 Å². The average Bonchev–Trinajstić information content (AvgIpc) is 2.65. The first-order chi connectivity index (χ1) is 13.7. The molecule has 0 atom stereocenters. The molecule has 0 saturated carbocycles. The normalized spacial score (nSPS) is 11.6. The van der Waals surface area contributed by atoms with E-state index in [1.54, 1.807) is 0 Å². The van der Waals surface area contributed by atoms with Crippen molar-refractivity contribution in [2.75, 3.05) is 26.4 Å². The molecule has 0 aliphatic carbocycles. The maximum absolute atomic E-state index is 8.98. The van der Waals surface area contributed by atoms with Gasteiger partial charge in [0.25, 0.3) is 0 Å². The highest BCUT2D eigenvalue weighted by molar-refractivity contribution is 5.52. The molecule has 2 rings (SSSR count). The molecule has 0 aromatic heterocycles. The zero-order valence-corrected chi connectivity index (χ0v) is 18.8. The van der Waals surface area contributed by atoms with Crippen molar-refractivity contribution < 1.29 is 19.7 Å². The Morgan fingerprint density at radius 2 is 0.966 bits per heavy atom. The summed E-state index contributed by atoms with van der Waals surface area (Å²) in [5.41, 5.74) is 6.78. The van der Waals surface area contributed by atoms with Crippen molar-refractivity contribution in [1.29, 1.82) is 0 Å². The number of benzene rings is 2.